The molecule has 1 nitrogen and oxygen atoms in total. The molecule has 10 heavy (non-hydrogen) atoms. The van der Waals surface area contributed by atoms with Gasteiger partial charge in [0.1, 0.15) is 0 Å². The fourth-order valence-electron chi connectivity index (χ4n) is 0.605. The van der Waals surface area contributed by atoms with Crippen molar-refractivity contribution in [2.45, 2.75) is 0 Å². The molecule has 0 amide bonds. The molecule has 53 valence electrons. The molecule has 1 aromatic carbocycles. The van der Waals surface area contributed by atoms with E-state index in [1.165, 1.54) is 0 Å². The molecule has 0 bridgehead atoms. The molecule has 0 unspecified atom stereocenters. The Morgan fingerprint density at radius 1 is 1.20 bits per heavy atom. The summed E-state index contributed by atoms with van der Waals surface area (Å²) < 4.78 is 0. The number of anilines is 1. The SMILES string of the molecule is CNc1ccccc1.[Cl][Zr]. The summed E-state index contributed by atoms with van der Waals surface area (Å²) in [5, 5.41) is 3.03. The Bertz CT molecular complexity index is 155. The summed E-state index contributed by atoms with van der Waals surface area (Å²) in [5.74, 6) is 0. The molecule has 3 heteroatoms. The average Bonchev–Trinajstić information content (AvgIpc) is 2.10. The zero-order valence-electron chi connectivity index (χ0n) is 5.76. The van der Waals surface area contributed by atoms with E-state index < -0.39 is 0 Å². The van der Waals surface area contributed by atoms with E-state index in [0.29, 0.717) is 0 Å². The molecular weight excluding hydrogens is 225 g/mol. The third-order valence-electron chi connectivity index (χ3n) is 1.06. The predicted octanol–water partition coefficient (Wildman–Crippen LogP) is 2.42. The molecule has 0 atom stereocenters. The molecule has 0 aliphatic carbocycles. The number of benzene rings is 1. The van der Waals surface area contributed by atoms with Crippen molar-refractivity contribution in [1.29, 1.82) is 0 Å². The van der Waals surface area contributed by atoms with Crippen LogP contribution >= 0.6 is 8.51 Å². The minimum absolute atomic E-state index is 1.02. The topological polar surface area (TPSA) is 12.0 Å². The van der Waals surface area contributed by atoms with Crippen LogP contribution < -0.4 is 5.32 Å². The number of halogens is 1. The van der Waals surface area contributed by atoms with Gasteiger partial charge in [0.05, 0.1) is 0 Å². The van der Waals surface area contributed by atoms with Gasteiger partial charge in [-0.25, -0.2) is 0 Å². The Hall–Kier alpha value is 0.193. The Kier molecular flexibility index (Phi) is 7.44. The number of hydrogen-bond donors (Lipinski definition) is 1. The number of rotatable bonds is 1. The molecule has 0 aliphatic rings. The van der Waals surface area contributed by atoms with Crippen molar-refractivity contribution in [3.05, 3.63) is 30.3 Å². The summed E-state index contributed by atoms with van der Waals surface area (Å²) in [5.41, 5.74) is 1.16. The zero-order valence-corrected chi connectivity index (χ0v) is 8.98. The normalized spacial score (nSPS) is 7.30. The standard InChI is InChI=1S/C7H9N.ClH.Zr/c1-8-7-5-3-2-4-6-7;;/h2-6,8H,1H3;1H;/q;;+1/p-1. The van der Waals surface area contributed by atoms with Gasteiger partial charge in [0.2, 0.25) is 0 Å². The van der Waals surface area contributed by atoms with Crippen LogP contribution in [0.1, 0.15) is 0 Å². The van der Waals surface area contributed by atoms with Gasteiger partial charge in [-0.3, -0.25) is 0 Å². The molecule has 1 N–H and O–H groups in total. The maximum atomic E-state index is 4.73. The fourth-order valence-corrected chi connectivity index (χ4v) is 0.605. The van der Waals surface area contributed by atoms with Crippen molar-refractivity contribution in [2.75, 3.05) is 12.4 Å². The van der Waals surface area contributed by atoms with Crippen LogP contribution in [-0.2, 0) is 23.5 Å². The first-order valence-electron chi connectivity index (χ1n) is 2.85. The van der Waals surface area contributed by atoms with Gasteiger partial charge in [-0.15, -0.1) is 0 Å². The summed E-state index contributed by atoms with van der Waals surface area (Å²) in [4.78, 5) is 0. The van der Waals surface area contributed by atoms with Crippen LogP contribution in [-0.4, -0.2) is 7.05 Å². The fraction of sp³-hybridized carbons (Fsp3) is 0.143. The van der Waals surface area contributed by atoms with Crippen molar-refractivity contribution in [3.8, 4) is 0 Å². The van der Waals surface area contributed by atoms with E-state index in [1.54, 1.807) is 0 Å². The van der Waals surface area contributed by atoms with Crippen molar-refractivity contribution in [3.63, 3.8) is 0 Å². The zero-order chi connectivity index (χ0) is 7.82. The molecule has 0 aromatic heterocycles. The Balaban J connectivity index is 0.000000371. The second kappa shape index (κ2) is 7.30. The first kappa shape index (κ1) is 10.2. The van der Waals surface area contributed by atoms with Gasteiger partial charge < -0.3 is 5.32 Å². The van der Waals surface area contributed by atoms with Crippen LogP contribution in [0.2, 0.25) is 0 Å². The van der Waals surface area contributed by atoms with E-state index in [2.05, 4.69) is 5.32 Å². The molecule has 0 saturated carbocycles. The Morgan fingerprint density at radius 3 is 2.00 bits per heavy atom. The third kappa shape index (κ3) is 4.08. The van der Waals surface area contributed by atoms with Crippen LogP contribution in [0.3, 0.4) is 0 Å². The van der Waals surface area contributed by atoms with Crippen LogP contribution in [0.4, 0.5) is 5.69 Å². The van der Waals surface area contributed by atoms with Crippen molar-refractivity contribution < 1.29 is 23.5 Å². The molecule has 0 heterocycles. The Morgan fingerprint density at radius 2 is 1.70 bits per heavy atom. The van der Waals surface area contributed by atoms with E-state index in [1.807, 2.05) is 37.4 Å². The van der Waals surface area contributed by atoms with Crippen molar-refractivity contribution >= 4 is 14.2 Å². The molecule has 0 aliphatic heterocycles. The van der Waals surface area contributed by atoms with Gasteiger partial charge in [0, 0.05) is 12.7 Å². The van der Waals surface area contributed by atoms with Gasteiger partial charge >= 0.3 is 32.0 Å². The summed E-state index contributed by atoms with van der Waals surface area (Å²) in [6, 6.07) is 10.1. The molecule has 0 spiro atoms. The first-order valence-corrected chi connectivity index (χ1v) is 6.01. The monoisotopic (exact) mass is 232 g/mol. The van der Waals surface area contributed by atoms with Crippen LogP contribution in [0.5, 0.6) is 0 Å². The third-order valence-corrected chi connectivity index (χ3v) is 1.06. The van der Waals surface area contributed by atoms with E-state index in [-0.39, 0.29) is 0 Å². The van der Waals surface area contributed by atoms with E-state index in [9.17, 15) is 0 Å². The van der Waals surface area contributed by atoms with E-state index in [4.69, 9.17) is 8.51 Å². The van der Waals surface area contributed by atoms with Gasteiger partial charge in [0.15, 0.2) is 0 Å². The second-order valence-electron chi connectivity index (χ2n) is 1.62. The molecule has 1 rings (SSSR count). The second-order valence-corrected chi connectivity index (χ2v) is 1.62. The summed E-state index contributed by atoms with van der Waals surface area (Å²) in [6.45, 7) is 0. The number of hydrogen-bond acceptors (Lipinski definition) is 1. The number of nitrogens with one attached hydrogen (secondary N) is 1. The summed E-state index contributed by atoms with van der Waals surface area (Å²) in [7, 11) is 6.64. The van der Waals surface area contributed by atoms with Crippen LogP contribution in [0, 0.1) is 0 Å². The molecule has 0 fully saturated rings. The number of para-hydroxylation sites is 1. The van der Waals surface area contributed by atoms with Crippen LogP contribution in [0.15, 0.2) is 30.3 Å². The van der Waals surface area contributed by atoms with Crippen molar-refractivity contribution in [1.82, 2.24) is 0 Å². The average molecular weight is 234 g/mol. The quantitative estimate of drug-likeness (QED) is 0.786. The minimum atomic E-state index is 1.02. The molecule has 0 radical (unpaired) electrons. The van der Waals surface area contributed by atoms with Gasteiger partial charge in [0.25, 0.3) is 0 Å². The Labute approximate surface area is 80.2 Å². The maximum absolute atomic E-state index is 4.73. The molecular formula is C7H9ClNZr. The van der Waals surface area contributed by atoms with Gasteiger partial charge in [-0.1, -0.05) is 18.2 Å². The molecule has 1 aromatic rings. The van der Waals surface area contributed by atoms with Gasteiger partial charge in [-0.05, 0) is 12.1 Å². The predicted molar refractivity (Wildman–Crippen MR) is 41.8 cm³/mol. The first-order chi connectivity index (χ1) is 4.93. The summed E-state index contributed by atoms with van der Waals surface area (Å²) in [6.07, 6.45) is 0. The molecule has 0 saturated heterocycles. The van der Waals surface area contributed by atoms with E-state index >= 15 is 0 Å². The van der Waals surface area contributed by atoms with Crippen molar-refractivity contribution in [2.24, 2.45) is 0 Å². The van der Waals surface area contributed by atoms with E-state index in [0.717, 1.165) is 29.2 Å². The van der Waals surface area contributed by atoms with Gasteiger partial charge in [-0.2, -0.15) is 0 Å². The van der Waals surface area contributed by atoms with Crippen LogP contribution in [0.25, 0.3) is 0 Å². The summed E-state index contributed by atoms with van der Waals surface area (Å²) >= 11 is 1.02.